The summed E-state index contributed by atoms with van der Waals surface area (Å²) in [6, 6.07) is 16.1. The minimum Gasteiger partial charge on any atom is -0.367 e. The summed E-state index contributed by atoms with van der Waals surface area (Å²) in [6.45, 7) is 5.81. The van der Waals surface area contributed by atoms with Crippen LogP contribution in [0.15, 0.2) is 63.8 Å². The normalized spacial score (nSPS) is 17.0. The molecule has 10 heteroatoms. The minimum atomic E-state index is -0.875. The van der Waals surface area contributed by atoms with E-state index in [1.54, 1.807) is 6.26 Å². The number of nitrogens with zero attached hydrogens (tertiary/aromatic N) is 5. The van der Waals surface area contributed by atoms with Crippen LogP contribution >= 0.6 is 34.8 Å². The summed E-state index contributed by atoms with van der Waals surface area (Å²) >= 11 is 18.2. The molecule has 1 atom stereocenters. The Kier molecular flexibility index (Phi) is 6.79. The first kappa shape index (κ1) is 23.2. The lowest BCUT2D eigenvalue weighted by Gasteiger charge is -2.39. The fraction of sp³-hybridized carbons (Fsp3) is 0.292. The molecule has 176 valence electrons. The lowest BCUT2D eigenvalue weighted by molar-refractivity contribution is 0.243. The van der Waals surface area contributed by atoms with Crippen LogP contribution in [0.5, 0.6) is 0 Å². The monoisotopic (exact) mass is 517 g/mol. The number of hydrogen-bond acceptors (Lipinski definition) is 7. The summed E-state index contributed by atoms with van der Waals surface area (Å²) in [5, 5.41) is 8.22. The summed E-state index contributed by atoms with van der Waals surface area (Å²) in [4.78, 5) is 7.97. The predicted molar refractivity (Wildman–Crippen MR) is 134 cm³/mol. The van der Waals surface area contributed by atoms with Crippen LogP contribution in [0.2, 0.25) is 0 Å². The van der Waals surface area contributed by atoms with E-state index < -0.39 is 4.84 Å². The zero-order valence-electron chi connectivity index (χ0n) is 18.4. The van der Waals surface area contributed by atoms with Gasteiger partial charge < -0.3 is 13.9 Å². The van der Waals surface area contributed by atoms with Crippen molar-refractivity contribution in [1.29, 1.82) is 0 Å². The van der Waals surface area contributed by atoms with E-state index in [1.165, 1.54) is 0 Å². The Morgan fingerprint density at radius 1 is 1.03 bits per heavy atom. The van der Waals surface area contributed by atoms with Gasteiger partial charge in [0.1, 0.15) is 17.5 Å². The quantitative estimate of drug-likeness (QED) is 0.221. The Hall–Kier alpha value is -2.58. The molecule has 4 aromatic rings. The van der Waals surface area contributed by atoms with Crippen LogP contribution in [0.4, 0.5) is 5.69 Å². The number of piperazine rings is 1. The smallest absolute Gasteiger partial charge is 0.260 e. The average Bonchev–Trinajstić information content (AvgIpc) is 3.55. The lowest BCUT2D eigenvalue weighted by Crippen LogP contribution is -2.50. The van der Waals surface area contributed by atoms with Crippen LogP contribution in [-0.2, 0) is 0 Å². The predicted octanol–water partition coefficient (Wildman–Crippen LogP) is 6.24. The Bertz CT molecular complexity index is 1260. The SMILES string of the molecule is CCN1CCN(c2ccc(-c3conc3-c3cccc(-c4noc(C(Cl)Cl)n4)c3)cc2)CC1Cl. The summed E-state index contributed by atoms with van der Waals surface area (Å²) in [5.74, 6) is 0.556. The molecule has 0 aliphatic carbocycles. The molecule has 0 radical (unpaired) electrons. The van der Waals surface area contributed by atoms with E-state index in [4.69, 9.17) is 43.8 Å². The number of anilines is 1. The first-order chi connectivity index (χ1) is 16.5. The van der Waals surface area contributed by atoms with Crippen molar-refractivity contribution in [2.75, 3.05) is 31.1 Å². The Labute approximate surface area is 212 Å². The van der Waals surface area contributed by atoms with Crippen molar-refractivity contribution in [3.8, 4) is 33.8 Å². The topological polar surface area (TPSA) is 71.4 Å². The molecule has 0 bridgehead atoms. The van der Waals surface area contributed by atoms with E-state index in [-0.39, 0.29) is 11.4 Å². The van der Waals surface area contributed by atoms with Gasteiger partial charge in [-0.2, -0.15) is 4.98 Å². The standard InChI is InChI=1S/C24H22Cl3N5O2/c1-2-31-10-11-32(13-20(31)25)18-8-6-15(7-9-18)19-14-33-29-21(19)16-4-3-5-17(12-16)23-28-24(22(26)27)34-30-23/h3-9,12,14,20,22H,2,10-11,13H2,1H3. The number of benzene rings is 2. The second-order valence-corrected chi connectivity index (χ2v) is 9.57. The Morgan fingerprint density at radius 3 is 2.53 bits per heavy atom. The van der Waals surface area contributed by atoms with Gasteiger partial charge in [-0.15, -0.1) is 11.6 Å². The average molecular weight is 519 g/mol. The molecule has 2 aromatic carbocycles. The van der Waals surface area contributed by atoms with E-state index in [9.17, 15) is 0 Å². The molecule has 5 rings (SSSR count). The first-order valence-corrected chi connectivity index (χ1v) is 12.2. The third kappa shape index (κ3) is 4.66. The highest BCUT2D eigenvalue weighted by atomic mass is 35.5. The molecule has 0 N–H and O–H groups in total. The molecule has 0 saturated carbocycles. The highest BCUT2D eigenvalue weighted by Crippen LogP contribution is 2.34. The third-order valence-corrected chi connectivity index (χ3v) is 6.75. The number of rotatable bonds is 6. The van der Waals surface area contributed by atoms with Gasteiger partial charge in [-0.3, -0.25) is 4.90 Å². The third-order valence-electron chi connectivity index (χ3n) is 5.97. The van der Waals surface area contributed by atoms with Crippen LogP contribution in [-0.4, -0.2) is 51.9 Å². The number of halogens is 3. The van der Waals surface area contributed by atoms with Gasteiger partial charge >= 0.3 is 0 Å². The van der Waals surface area contributed by atoms with E-state index in [2.05, 4.69) is 56.3 Å². The molecule has 0 spiro atoms. The molecule has 1 aliphatic heterocycles. The van der Waals surface area contributed by atoms with Gasteiger partial charge in [0.2, 0.25) is 5.82 Å². The number of aromatic nitrogens is 3. The van der Waals surface area contributed by atoms with E-state index in [0.29, 0.717) is 5.82 Å². The van der Waals surface area contributed by atoms with Gasteiger partial charge in [0.15, 0.2) is 4.84 Å². The number of likely N-dealkylation sites (N-methyl/N-ethyl adjacent to an activating group) is 1. The minimum absolute atomic E-state index is 0.0189. The second-order valence-electron chi connectivity index (χ2n) is 7.97. The zero-order valence-corrected chi connectivity index (χ0v) is 20.6. The second kappa shape index (κ2) is 9.96. The maximum Gasteiger partial charge on any atom is 0.260 e. The number of alkyl halides is 3. The van der Waals surface area contributed by atoms with Crippen molar-refractivity contribution < 1.29 is 9.05 Å². The molecule has 3 heterocycles. The highest BCUT2D eigenvalue weighted by molar-refractivity contribution is 6.43. The van der Waals surface area contributed by atoms with Crippen molar-refractivity contribution in [2.45, 2.75) is 17.3 Å². The van der Waals surface area contributed by atoms with Gasteiger partial charge in [-0.1, -0.05) is 70.8 Å². The van der Waals surface area contributed by atoms with E-state index in [0.717, 1.165) is 59.8 Å². The number of hydrogen-bond donors (Lipinski definition) is 0. The van der Waals surface area contributed by atoms with Crippen molar-refractivity contribution in [3.63, 3.8) is 0 Å². The fourth-order valence-corrected chi connectivity index (χ4v) is 4.70. The van der Waals surface area contributed by atoms with Crippen LogP contribution in [0.3, 0.4) is 0 Å². The lowest BCUT2D eigenvalue weighted by atomic mass is 10.00. The molecular weight excluding hydrogens is 497 g/mol. The summed E-state index contributed by atoms with van der Waals surface area (Å²) < 4.78 is 10.5. The maximum absolute atomic E-state index is 6.54. The highest BCUT2D eigenvalue weighted by Gasteiger charge is 2.24. The zero-order chi connectivity index (χ0) is 23.7. The summed E-state index contributed by atoms with van der Waals surface area (Å²) in [7, 11) is 0. The van der Waals surface area contributed by atoms with Crippen molar-refractivity contribution in [1.82, 2.24) is 20.2 Å². The van der Waals surface area contributed by atoms with Crippen molar-refractivity contribution in [2.24, 2.45) is 0 Å². The van der Waals surface area contributed by atoms with Crippen LogP contribution in [0.25, 0.3) is 33.8 Å². The summed E-state index contributed by atoms with van der Waals surface area (Å²) in [5.41, 5.74) is 5.42. The molecule has 7 nitrogen and oxygen atoms in total. The molecule has 1 fully saturated rings. The van der Waals surface area contributed by atoms with Gasteiger partial charge in [-0.25, -0.2) is 0 Å². The Morgan fingerprint density at radius 2 is 1.82 bits per heavy atom. The Balaban J connectivity index is 1.39. The van der Waals surface area contributed by atoms with Crippen LogP contribution in [0, 0.1) is 0 Å². The molecule has 1 saturated heterocycles. The van der Waals surface area contributed by atoms with Crippen LogP contribution < -0.4 is 4.90 Å². The van der Waals surface area contributed by atoms with Gasteiger partial charge in [0.25, 0.3) is 5.89 Å². The van der Waals surface area contributed by atoms with Gasteiger partial charge in [0.05, 0.1) is 0 Å². The molecule has 0 amide bonds. The largest absolute Gasteiger partial charge is 0.367 e. The van der Waals surface area contributed by atoms with Gasteiger partial charge in [-0.05, 0) is 30.3 Å². The first-order valence-electron chi connectivity index (χ1n) is 10.9. The molecule has 34 heavy (non-hydrogen) atoms. The molecular formula is C24H22Cl3N5O2. The molecule has 1 aliphatic rings. The van der Waals surface area contributed by atoms with Crippen molar-refractivity contribution >= 4 is 40.5 Å². The maximum atomic E-state index is 6.54. The van der Waals surface area contributed by atoms with E-state index >= 15 is 0 Å². The molecule has 2 aromatic heterocycles. The van der Waals surface area contributed by atoms with Gasteiger partial charge in [0, 0.05) is 42.0 Å². The molecule has 1 unspecified atom stereocenters. The van der Waals surface area contributed by atoms with Crippen LogP contribution in [0.1, 0.15) is 17.7 Å². The van der Waals surface area contributed by atoms with Crippen molar-refractivity contribution in [3.05, 3.63) is 60.7 Å². The fourth-order valence-electron chi connectivity index (χ4n) is 4.12. The van der Waals surface area contributed by atoms with E-state index in [1.807, 2.05) is 24.3 Å². The summed E-state index contributed by atoms with van der Waals surface area (Å²) in [6.07, 6.45) is 1.66.